The maximum atomic E-state index is 5.39. The fraction of sp³-hybridized carbons (Fsp3) is 0.167. The van der Waals surface area contributed by atoms with E-state index in [-0.39, 0.29) is 12.0 Å². The van der Waals surface area contributed by atoms with Crippen molar-refractivity contribution in [3.63, 3.8) is 0 Å². The van der Waals surface area contributed by atoms with Crippen molar-refractivity contribution in [3.8, 4) is 5.95 Å². The van der Waals surface area contributed by atoms with Crippen LogP contribution >= 0.6 is 0 Å². The van der Waals surface area contributed by atoms with Crippen molar-refractivity contribution in [1.82, 2.24) is 24.7 Å². The van der Waals surface area contributed by atoms with Gasteiger partial charge < -0.3 is 9.73 Å². The quantitative estimate of drug-likeness (QED) is 0.471. The van der Waals surface area contributed by atoms with E-state index >= 15 is 0 Å². The standard InChI is InChI=1S/C12H14N8O/c1-8(9-4-2-7-21-9)15-10-16-11(19-13)18-12(17-10)20-6-3-5-14-20/h2-8H,13H2,1H3,(H2,15,16,17,18,19). The highest BCUT2D eigenvalue weighted by Crippen LogP contribution is 2.18. The van der Waals surface area contributed by atoms with E-state index in [1.807, 2.05) is 19.1 Å². The molecule has 0 aliphatic carbocycles. The number of nitrogens with zero attached hydrogens (tertiary/aromatic N) is 5. The molecule has 108 valence electrons. The third-order valence-corrected chi connectivity index (χ3v) is 2.78. The molecule has 3 aromatic rings. The Labute approximate surface area is 120 Å². The average molecular weight is 286 g/mol. The highest BCUT2D eigenvalue weighted by molar-refractivity contribution is 5.38. The predicted octanol–water partition coefficient (Wildman–Crippen LogP) is 1.11. The summed E-state index contributed by atoms with van der Waals surface area (Å²) >= 11 is 0. The van der Waals surface area contributed by atoms with Crippen molar-refractivity contribution in [2.45, 2.75) is 13.0 Å². The van der Waals surface area contributed by atoms with E-state index in [9.17, 15) is 0 Å². The number of rotatable bonds is 5. The molecule has 3 rings (SSSR count). The first-order valence-corrected chi connectivity index (χ1v) is 6.29. The van der Waals surface area contributed by atoms with Crippen LogP contribution in [0.3, 0.4) is 0 Å². The lowest BCUT2D eigenvalue weighted by molar-refractivity contribution is 0.489. The van der Waals surface area contributed by atoms with Crippen LogP contribution in [0, 0.1) is 0 Å². The number of hydrazine groups is 1. The molecule has 4 N–H and O–H groups in total. The molecule has 0 aromatic carbocycles. The molecule has 0 amide bonds. The summed E-state index contributed by atoms with van der Waals surface area (Å²) in [4.78, 5) is 12.6. The van der Waals surface area contributed by atoms with Crippen LogP contribution in [-0.2, 0) is 0 Å². The fourth-order valence-electron chi connectivity index (χ4n) is 1.79. The van der Waals surface area contributed by atoms with Crippen molar-refractivity contribution < 1.29 is 4.42 Å². The third kappa shape index (κ3) is 2.82. The molecule has 0 saturated carbocycles. The molecule has 0 radical (unpaired) electrons. The lowest BCUT2D eigenvalue weighted by atomic mass is 10.2. The summed E-state index contributed by atoms with van der Waals surface area (Å²) in [6, 6.07) is 5.37. The minimum atomic E-state index is -0.0986. The topological polar surface area (TPSA) is 120 Å². The van der Waals surface area contributed by atoms with E-state index in [4.69, 9.17) is 10.3 Å². The summed E-state index contributed by atoms with van der Waals surface area (Å²) in [6.45, 7) is 1.94. The molecule has 0 aliphatic rings. The van der Waals surface area contributed by atoms with Crippen LogP contribution in [0.25, 0.3) is 5.95 Å². The summed E-state index contributed by atoms with van der Waals surface area (Å²) in [6.07, 6.45) is 4.98. The van der Waals surface area contributed by atoms with Gasteiger partial charge >= 0.3 is 0 Å². The first kappa shape index (κ1) is 13.1. The SMILES string of the molecule is CC(Nc1nc(NN)nc(-n2cccn2)n1)c1ccco1. The van der Waals surface area contributed by atoms with Crippen LogP contribution in [0.4, 0.5) is 11.9 Å². The van der Waals surface area contributed by atoms with E-state index < -0.39 is 0 Å². The Bertz CT molecular complexity index is 694. The van der Waals surface area contributed by atoms with Crippen molar-refractivity contribution >= 4 is 11.9 Å². The molecule has 9 nitrogen and oxygen atoms in total. The normalized spacial score (nSPS) is 12.1. The van der Waals surface area contributed by atoms with Gasteiger partial charge in [0, 0.05) is 12.4 Å². The number of furan rings is 1. The molecular formula is C12H14N8O. The molecule has 0 saturated heterocycles. The number of nitrogen functional groups attached to an aromatic ring is 1. The van der Waals surface area contributed by atoms with Crippen molar-refractivity contribution in [2.24, 2.45) is 5.84 Å². The number of nitrogens with one attached hydrogen (secondary N) is 2. The average Bonchev–Trinajstić information content (AvgIpc) is 3.19. The van der Waals surface area contributed by atoms with E-state index in [0.717, 1.165) is 5.76 Å². The first-order valence-electron chi connectivity index (χ1n) is 6.29. The second-order valence-corrected chi connectivity index (χ2v) is 4.26. The van der Waals surface area contributed by atoms with Gasteiger partial charge in [-0.15, -0.1) is 0 Å². The number of hydrogen-bond acceptors (Lipinski definition) is 8. The van der Waals surface area contributed by atoms with Crippen LogP contribution in [0.1, 0.15) is 18.7 Å². The van der Waals surface area contributed by atoms with Gasteiger partial charge in [-0.1, -0.05) is 0 Å². The first-order chi connectivity index (χ1) is 10.3. The molecule has 0 aliphatic heterocycles. The highest BCUT2D eigenvalue weighted by atomic mass is 16.3. The Hall–Kier alpha value is -2.94. The van der Waals surface area contributed by atoms with Gasteiger partial charge in [0.15, 0.2) is 0 Å². The number of anilines is 2. The van der Waals surface area contributed by atoms with E-state index in [1.165, 1.54) is 4.68 Å². The van der Waals surface area contributed by atoms with Crippen molar-refractivity contribution in [1.29, 1.82) is 0 Å². The lowest BCUT2D eigenvalue weighted by Gasteiger charge is -2.12. The molecule has 0 bridgehead atoms. The number of nitrogens with two attached hydrogens (primary N) is 1. The van der Waals surface area contributed by atoms with Gasteiger partial charge in [-0.3, -0.25) is 5.43 Å². The van der Waals surface area contributed by atoms with E-state index in [2.05, 4.69) is 30.8 Å². The second kappa shape index (κ2) is 5.59. The molecule has 0 spiro atoms. The molecule has 21 heavy (non-hydrogen) atoms. The maximum absolute atomic E-state index is 5.39. The van der Waals surface area contributed by atoms with Crippen LogP contribution < -0.4 is 16.6 Å². The van der Waals surface area contributed by atoms with Gasteiger partial charge in [-0.25, -0.2) is 10.5 Å². The van der Waals surface area contributed by atoms with Gasteiger partial charge in [-0.05, 0) is 25.1 Å². The molecule has 3 aromatic heterocycles. The summed E-state index contributed by atoms with van der Waals surface area (Å²) < 4.78 is 6.85. The molecule has 1 unspecified atom stereocenters. The zero-order valence-electron chi connectivity index (χ0n) is 11.3. The number of hydrogen-bond donors (Lipinski definition) is 3. The van der Waals surface area contributed by atoms with Crippen LogP contribution in [0.15, 0.2) is 41.3 Å². The molecule has 9 heteroatoms. The molecular weight excluding hydrogens is 272 g/mol. The Kier molecular flexibility index (Phi) is 3.48. The Morgan fingerprint density at radius 2 is 2.10 bits per heavy atom. The zero-order chi connectivity index (χ0) is 14.7. The van der Waals surface area contributed by atoms with Crippen molar-refractivity contribution in [3.05, 3.63) is 42.6 Å². The summed E-state index contributed by atoms with van der Waals surface area (Å²) in [7, 11) is 0. The smallest absolute Gasteiger partial charge is 0.257 e. The van der Waals surface area contributed by atoms with Gasteiger partial charge in [0.25, 0.3) is 5.95 Å². The van der Waals surface area contributed by atoms with Gasteiger partial charge in [-0.2, -0.15) is 20.1 Å². The fourth-order valence-corrected chi connectivity index (χ4v) is 1.79. The minimum Gasteiger partial charge on any atom is -0.467 e. The van der Waals surface area contributed by atoms with Crippen molar-refractivity contribution in [2.75, 3.05) is 10.7 Å². The number of aromatic nitrogens is 5. The van der Waals surface area contributed by atoms with Gasteiger partial charge in [0.2, 0.25) is 11.9 Å². The van der Waals surface area contributed by atoms with E-state index in [1.54, 1.807) is 24.7 Å². The molecule has 0 fully saturated rings. The Morgan fingerprint density at radius 3 is 2.76 bits per heavy atom. The third-order valence-electron chi connectivity index (χ3n) is 2.78. The zero-order valence-corrected chi connectivity index (χ0v) is 11.3. The van der Waals surface area contributed by atoms with Gasteiger partial charge in [0.1, 0.15) is 5.76 Å². The van der Waals surface area contributed by atoms with Crippen LogP contribution in [-0.4, -0.2) is 24.7 Å². The van der Waals surface area contributed by atoms with Gasteiger partial charge in [0.05, 0.1) is 12.3 Å². The molecule has 1 atom stereocenters. The molecule has 3 heterocycles. The Balaban J connectivity index is 1.89. The maximum Gasteiger partial charge on any atom is 0.257 e. The van der Waals surface area contributed by atoms with E-state index in [0.29, 0.717) is 11.9 Å². The summed E-state index contributed by atoms with van der Waals surface area (Å²) in [5, 5.41) is 7.21. The second-order valence-electron chi connectivity index (χ2n) is 4.26. The largest absolute Gasteiger partial charge is 0.467 e. The van der Waals surface area contributed by atoms with Crippen LogP contribution in [0.5, 0.6) is 0 Å². The summed E-state index contributed by atoms with van der Waals surface area (Å²) in [5.41, 5.74) is 2.41. The predicted molar refractivity (Wildman–Crippen MR) is 75.5 cm³/mol. The lowest BCUT2D eigenvalue weighted by Crippen LogP contribution is -2.17. The minimum absolute atomic E-state index is 0.0986. The summed E-state index contributed by atoms with van der Waals surface area (Å²) in [5.74, 6) is 7.13. The highest BCUT2D eigenvalue weighted by Gasteiger charge is 2.13. The van der Waals surface area contributed by atoms with Crippen LogP contribution in [0.2, 0.25) is 0 Å². The Morgan fingerprint density at radius 1 is 1.24 bits per heavy atom. The monoisotopic (exact) mass is 286 g/mol.